The van der Waals surface area contributed by atoms with E-state index in [0.29, 0.717) is 37.9 Å². The summed E-state index contributed by atoms with van der Waals surface area (Å²) >= 11 is 0. The normalized spacial score (nSPS) is 40.8. The van der Waals surface area contributed by atoms with Gasteiger partial charge in [0.15, 0.2) is 5.79 Å². The molecule has 0 amide bonds. The molecule has 5 aliphatic rings. The summed E-state index contributed by atoms with van der Waals surface area (Å²) in [5.74, 6) is 0.153. The number of aliphatic hydroxyl groups excluding tert-OH is 1. The highest BCUT2D eigenvalue weighted by Crippen LogP contribution is 2.66. The average Bonchev–Trinajstić information content (AvgIpc) is 3.45. The van der Waals surface area contributed by atoms with Gasteiger partial charge in [-0.1, -0.05) is 54.8 Å². The van der Waals surface area contributed by atoms with Crippen molar-refractivity contribution in [2.24, 2.45) is 28.6 Å². The molecule has 7 atom stereocenters. The molecule has 1 saturated heterocycles. The van der Waals surface area contributed by atoms with Crippen LogP contribution in [0.5, 0.6) is 0 Å². The number of rotatable bonds is 4. The van der Waals surface area contributed by atoms with Gasteiger partial charge in [-0.05, 0) is 81.8 Å². The number of aliphatic hydroxyl groups is 1. The molecule has 6 nitrogen and oxygen atoms in total. The van der Waals surface area contributed by atoms with Gasteiger partial charge >= 0.3 is 0 Å². The van der Waals surface area contributed by atoms with Crippen molar-refractivity contribution in [1.82, 2.24) is 0 Å². The molecule has 37 heavy (non-hydrogen) atoms. The predicted molar refractivity (Wildman–Crippen MR) is 140 cm³/mol. The molecule has 3 fully saturated rings. The summed E-state index contributed by atoms with van der Waals surface area (Å²) in [5, 5.41) is 11.7. The monoisotopic (exact) mass is 528 g/mol. The van der Waals surface area contributed by atoms with E-state index in [1.807, 2.05) is 13.8 Å². The first kappa shape index (κ1) is 25.8. The highest BCUT2D eigenvalue weighted by atomic mass is 32.2. The van der Waals surface area contributed by atoms with Gasteiger partial charge in [-0.25, -0.2) is 0 Å². The predicted octanol–water partition coefficient (Wildman–Crippen LogP) is 5.30. The summed E-state index contributed by atoms with van der Waals surface area (Å²) in [5.41, 5.74) is 3.26. The Morgan fingerprint density at radius 1 is 1.03 bits per heavy atom. The first-order valence-corrected chi connectivity index (χ1v) is 15.2. The van der Waals surface area contributed by atoms with Gasteiger partial charge < -0.3 is 14.6 Å². The number of hydrogen-bond acceptors (Lipinski definition) is 6. The Bertz CT molecular complexity index is 1230. The second-order valence-electron chi connectivity index (χ2n) is 12.5. The van der Waals surface area contributed by atoms with Crippen LogP contribution in [0.15, 0.2) is 52.5 Å². The Balaban J connectivity index is 1.23. The van der Waals surface area contributed by atoms with E-state index in [1.54, 1.807) is 24.3 Å². The minimum absolute atomic E-state index is 0.0676. The molecule has 1 N–H and O–H groups in total. The molecule has 202 valence electrons. The maximum atomic E-state index is 12.9. The second kappa shape index (κ2) is 8.75. The van der Waals surface area contributed by atoms with Gasteiger partial charge in [0.2, 0.25) is 0 Å². The van der Waals surface area contributed by atoms with Crippen LogP contribution in [0, 0.1) is 35.5 Å². The molecular formula is C30H40O6S. The summed E-state index contributed by atoms with van der Waals surface area (Å²) in [4.78, 5) is 0.213. The fourth-order valence-corrected chi connectivity index (χ4v) is 9.57. The second-order valence-corrected chi connectivity index (χ2v) is 14.1. The van der Waals surface area contributed by atoms with Gasteiger partial charge in [-0.2, -0.15) is 8.42 Å². The molecule has 1 aliphatic heterocycles. The van der Waals surface area contributed by atoms with Crippen molar-refractivity contribution in [3.8, 4) is 0 Å². The Morgan fingerprint density at radius 2 is 1.73 bits per heavy atom. The number of aryl methyl sites for hydroxylation is 1. The molecular weight excluding hydrogens is 488 g/mol. The summed E-state index contributed by atoms with van der Waals surface area (Å²) in [6, 6.07) is 6.84. The van der Waals surface area contributed by atoms with E-state index in [0.717, 1.165) is 31.2 Å². The molecule has 4 unspecified atom stereocenters. The van der Waals surface area contributed by atoms with Gasteiger partial charge in [0.25, 0.3) is 10.1 Å². The Hall–Kier alpha value is -1.51. The van der Waals surface area contributed by atoms with Crippen molar-refractivity contribution >= 4 is 10.1 Å². The van der Waals surface area contributed by atoms with Crippen LogP contribution < -0.4 is 0 Å². The third kappa shape index (κ3) is 3.91. The molecule has 0 radical (unpaired) electrons. The SMILES string of the molecule is Cc1ccc(S(=O)(=O)O[C@H]2CC[C@@]3(C)C(=CCC4C5=CCC(C6(C)OCCO6)[C@@]5(C)C(O)CC43)C2)cc1. The van der Waals surface area contributed by atoms with E-state index < -0.39 is 22.0 Å². The van der Waals surface area contributed by atoms with Gasteiger partial charge in [-0.15, -0.1) is 0 Å². The van der Waals surface area contributed by atoms with Gasteiger partial charge in [-0.3, -0.25) is 4.18 Å². The van der Waals surface area contributed by atoms with E-state index in [2.05, 4.69) is 26.0 Å². The van der Waals surface area contributed by atoms with Crippen LogP contribution in [0.2, 0.25) is 0 Å². The highest BCUT2D eigenvalue weighted by Gasteiger charge is 2.63. The fourth-order valence-electron chi connectivity index (χ4n) is 8.47. The summed E-state index contributed by atoms with van der Waals surface area (Å²) in [6.45, 7) is 9.73. The maximum absolute atomic E-state index is 12.9. The van der Waals surface area contributed by atoms with E-state index in [4.69, 9.17) is 13.7 Å². The lowest BCUT2D eigenvalue weighted by atomic mass is 9.47. The molecule has 1 heterocycles. The molecule has 0 spiro atoms. The van der Waals surface area contributed by atoms with Crippen molar-refractivity contribution in [3.63, 3.8) is 0 Å². The van der Waals surface area contributed by atoms with Crippen molar-refractivity contribution in [1.29, 1.82) is 0 Å². The zero-order chi connectivity index (χ0) is 26.2. The maximum Gasteiger partial charge on any atom is 0.297 e. The molecule has 2 saturated carbocycles. The van der Waals surface area contributed by atoms with Gasteiger partial charge in [0.05, 0.1) is 30.3 Å². The van der Waals surface area contributed by atoms with Crippen LogP contribution in [0.4, 0.5) is 0 Å². The standard InChI is InChI=1S/C30H40O6S/c1-19-5-8-22(9-6-19)37(32,33)36-21-13-14-28(2)20(17-21)7-10-23-24-11-12-26(30(4)34-15-16-35-30)29(24,3)27(31)18-25(23)28/h5-9,11,21,23,25-27,31H,10,12-18H2,1-4H3/t21-,23?,25?,26?,27?,28-,29-/m0/s1. The smallest absolute Gasteiger partial charge is 0.297 e. The minimum Gasteiger partial charge on any atom is -0.392 e. The average molecular weight is 529 g/mol. The Kier molecular flexibility index (Phi) is 6.09. The lowest BCUT2D eigenvalue weighted by molar-refractivity contribution is -0.218. The van der Waals surface area contributed by atoms with E-state index in [-0.39, 0.29) is 27.7 Å². The van der Waals surface area contributed by atoms with Gasteiger partial charge in [0, 0.05) is 11.3 Å². The van der Waals surface area contributed by atoms with Crippen molar-refractivity contribution in [2.75, 3.05) is 13.2 Å². The molecule has 0 aromatic heterocycles. The zero-order valence-corrected chi connectivity index (χ0v) is 23.2. The first-order valence-electron chi connectivity index (χ1n) is 13.8. The molecule has 7 heteroatoms. The van der Waals surface area contributed by atoms with E-state index in [9.17, 15) is 13.5 Å². The fraction of sp³-hybridized carbons (Fsp3) is 0.667. The molecule has 1 aromatic rings. The number of benzene rings is 1. The van der Waals surface area contributed by atoms with Crippen molar-refractivity contribution in [3.05, 3.63) is 53.1 Å². The molecule has 1 aromatic carbocycles. The van der Waals surface area contributed by atoms with Crippen LogP contribution >= 0.6 is 0 Å². The minimum atomic E-state index is -3.81. The topological polar surface area (TPSA) is 82.1 Å². The van der Waals surface area contributed by atoms with E-state index in [1.165, 1.54) is 11.1 Å². The van der Waals surface area contributed by atoms with Crippen LogP contribution in [-0.4, -0.2) is 44.7 Å². The highest BCUT2D eigenvalue weighted by molar-refractivity contribution is 7.86. The lowest BCUT2D eigenvalue weighted by Crippen LogP contribution is -2.57. The Labute approximate surface area is 221 Å². The number of hydrogen-bond donors (Lipinski definition) is 1. The summed E-state index contributed by atoms with van der Waals surface area (Å²) in [7, 11) is -3.81. The molecule has 0 bridgehead atoms. The summed E-state index contributed by atoms with van der Waals surface area (Å²) < 4.78 is 43.8. The zero-order valence-electron chi connectivity index (χ0n) is 22.4. The lowest BCUT2D eigenvalue weighted by Gasteiger charge is -2.58. The van der Waals surface area contributed by atoms with Crippen LogP contribution in [0.1, 0.15) is 64.9 Å². The Morgan fingerprint density at radius 3 is 2.43 bits per heavy atom. The van der Waals surface area contributed by atoms with Crippen LogP contribution in [0.25, 0.3) is 0 Å². The third-order valence-corrected chi connectivity index (χ3v) is 12.0. The summed E-state index contributed by atoms with van der Waals surface area (Å²) in [6.07, 6.45) is 8.60. The largest absolute Gasteiger partial charge is 0.392 e. The number of fused-ring (bicyclic) bond motifs is 5. The number of allylic oxidation sites excluding steroid dienone is 2. The van der Waals surface area contributed by atoms with Crippen LogP contribution in [-0.2, 0) is 23.8 Å². The van der Waals surface area contributed by atoms with E-state index >= 15 is 0 Å². The van der Waals surface area contributed by atoms with Gasteiger partial charge in [0.1, 0.15) is 0 Å². The third-order valence-electron chi connectivity index (χ3n) is 10.6. The molecule has 4 aliphatic carbocycles. The van der Waals surface area contributed by atoms with Crippen LogP contribution in [0.3, 0.4) is 0 Å². The quantitative estimate of drug-likeness (QED) is 0.422. The molecule has 6 rings (SSSR count). The van der Waals surface area contributed by atoms with Crippen molar-refractivity contribution in [2.45, 2.75) is 89.1 Å². The van der Waals surface area contributed by atoms with Crippen molar-refractivity contribution < 1.29 is 27.2 Å². The number of ether oxygens (including phenoxy) is 2. The first-order chi connectivity index (χ1) is 17.5.